The Hall–Kier alpha value is -3.13. The Morgan fingerprint density at radius 1 is 1.00 bits per heavy atom. The van der Waals surface area contributed by atoms with Crippen molar-refractivity contribution in [3.8, 4) is 10.4 Å². The first-order valence-electron chi connectivity index (χ1n) is 8.06. The molecule has 4 nitrogen and oxygen atoms in total. The predicted molar refractivity (Wildman–Crippen MR) is 101 cm³/mol. The van der Waals surface area contributed by atoms with E-state index in [1.807, 2.05) is 30.3 Å². The average molecular weight is 405 g/mol. The normalized spacial score (nSPS) is 11.3. The van der Waals surface area contributed by atoms with Gasteiger partial charge in [0, 0.05) is 17.5 Å². The number of hydrogen-bond acceptors (Lipinski definition) is 3. The highest BCUT2D eigenvalue weighted by molar-refractivity contribution is 7.18. The Labute approximate surface area is 162 Å². The Morgan fingerprint density at radius 3 is 2.14 bits per heavy atom. The summed E-state index contributed by atoms with van der Waals surface area (Å²) in [6.45, 7) is 0. The van der Waals surface area contributed by atoms with E-state index in [2.05, 4.69) is 0 Å². The second-order valence-electron chi connectivity index (χ2n) is 5.94. The molecule has 3 aromatic rings. The molecule has 0 fully saturated rings. The van der Waals surface area contributed by atoms with Gasteiger partial charge in [-0.25, -0.2) is 4.79 Å². The average Bonchev–Trinajstić information content (AvgIpc) is 3.13. The van der Waals surface area contributed by atoms with Crippen LogP contribution in [-0.4, -0.2) is 24.0 Å². The number of anilines is 1. The molecule has 1 N–H and O–H groups in total. The van der Waals surface area contributed by atoms with Crippen LogP contribution in [0.2, 0.25) is 0 Å². The molecule has 0 atom stereocenters. The summed E-state index contributed by atoms with van der Waals surface area (Å²) in [5, 5.41) is 9.50. The number of carbonyl (C=O) groups is 2. The maximum absolute atomic E-state index is 12.7. The lowest BCUT2D eigenvalue weighted by atomic mass is 10.1. The van der Waals surface area contributed by atoms with Crippen molar-refractivity contribution in [2.45, 2.75) is 6.18 Å². The maximum Gasteiger partial charge on any atom is 0.416 e. The summed E-state index contributed by atoms with van der Waals surface area (Å²) in [5.41, 5.74) is 0.150. The van der Waals surface area contributed by atoms with Gasteiger partial charge in [-0.1, -0.05) is 30.3 Å². The van der Waals surface area contributed by atoms with Gasteiger partial charge in [0.1, 0.15) is 4.88 Å². The number of carboxylic acids is 1. The van der Waals surface area contributed by atoms with E-state index in [9.17, 15) is 27.9 Å². The quantitative estimate of drug-likeness (QED) is 0.632. The number of rotatable bonds is 4. The fourth-order valence-corrected chi connectivity index (χ4v) is 3.67. The first-order valence-corrected chi connectivity index (χ1v) is 8.88. The Kier molecular flexibility index (Phi) is 5.24. The summed E-state index contributed by atoms with van der Waals surface area (Å²) in [6, 6.07) is 14.5. The number of aromatic carboxylic acids is 1. The molecule has 0 saturated carbocycles. The van der Waals surface area contributed by atoms with E-state index in [0.717, 1.165) is 46.1 Å². The van der Waals surface area contributed by atoms with E-state index < -0.39 is 23.6 Å². The molecule has 8 heteroatoms. The SMILES string of the molecule is CN(C(=O)c1ccc(C(F)(F)F)cc1)c1cc(-c2ccccc2)sc1C(=O)O. The lowest BCUT2D eigenvalue weighted by Gasteiger charge is -2.17. The van der Waals surface area contributed by atoms with Crippen LogP contribution < -0.4 is 4.90 Å². The zero-order valence-electron chi connectivity index (χ0n) is 14.5. The Bertz CT molecular complexity index is 1010. The molecule has 0 aliphatic carbocycles. The minimum Gasteiger partial charge on any atom is -0.477 e. The van der Waals surface area contributed by atoms with Crippen LogP contribution in [-0.2, 0) is 6.18 Å². The molecule has 3 rings (SSSR count). The molecular weight excluding hydrogens is 391 g/mol. The number of alkyl halides is 3. The standard InChI is InChI=1S/C20H14F3NO3S/c1-24(18(25)13-7-9-14(10-8-13)20(21,22)23)15-11-16(28-17(15)19(26)27)12-5-3-2-4-6-12/h2-11H,1H3,(H,26,27). The van der Waals surface area contributed by atoms with Crippen LogP contribution in [0.5, 0.6) is 0 Å². The highest BCUT2D eigenvalue weighted by atomic mass is 32.1. The number of nitrogens with zero attached hydrogens (tertiary/aromatic N) is 1. The van der Waals surface area contributed by atoms with Crippen LogP contribution in [0.3, 0.4) is 0 Å². The number of thiophene rings is 1. The fraction of sp³-hybridized carbons (Fsp3) is 0.100. The summed E-state index contributed by atoms with van der Waals surface area (Å²) >= 11 is 1.03. The molecule has 0 bridgehead atoms. The van der Waals surface area contributed by atoms with E-state index in [4.69, 9.17) is 0 Å². The van der Waals surface area contributed by atoms with Crippen LogP contribution in [0.1, 0.15) is 25.6 Å². The molecule has 1 aromatic heterocycles. The second-order valence-corrected chi connectivity index (χ2v) is 6.99. The van der Waals surface area contributed by atoms with Gasteiger partial charge in [-0.05, 0) is 35.9 Å². The van der Waals surface area contributed by atoms with Crippen LogP contribution >= 0.6 is 11.3 Å². The fourth-order valence-electron chi connectivity index (χ4n) is 2.63. The monoisotopic (exact) mass is 405 g/mol. The predicted octanol–water partition coefficient (Wildman–Crippen LogP) is 5.41. The minimum absolute atomic E-state index is 0.0263. The van der Waals surface area contributed by atoms with E-state index in [1.54, 1.807) is 6.07 Å². The third-order valence-electron chi connectivity index (χ3n) is 4.09. The molecule has 1 amide bonds. The van der Waals surface area contributed by atoms with Gasteiger partial charge in [0.15, 0.2) is 0 Å². The number of benzene rings is 2. The topological polar surface area (TPSA) is 57.6 Å². The molecule has 144 valence electrons. The van der Waals surface area contributed by atoms with Crippen molar-refractivity contribution in [2.24, 2.45) is 0 Å². The van der Waals surface area contributed by atoms with E-state index >= 15 is 0 Å². The zero-order valence-corrected chi connectivity index (χ0v) is 15.3. The highest BCUT2D eigenvalue weighted by Gasteiger charge is 2.30. The minimum atomic E-state index is -4.50. The van der Waals surface area contributed by atoms with Crippen molar-refractivity contribution in [1.29, 1.82) is 0 Å². The maximum atomic E-state index is 12.7. The zero-order chi connectivity index (χ0) is 20.5. The van der Waals surface area contributed by atoms with Gasteiger partial charge in [-0.15, -0.1) is 11.3 Å². The van der Waals surface area contributed by atoms with Gasteiger partial charge in [-0.3, -0.25) is 4.79 Å². The molecule has 28 heavy (non-hydrogen) atoms. The molecule has 0 unspecified atom stereocenters. The van der Waals surface area contributed by atoms with Crippen molar-refractivity contribution in [2.75, 3.05) is 11.9 Å². The molecule has 1 heterocycles. The second kappa shape index (κ2) is 7.47. The van der Waals surface area contributed by atoms with Crippen molar-refractivity contribution >= 4 is 28.9 Å². The number of halogens is 3. The molecule has 0 aliphatic rings. The summed E-state index contributed by atoms with van der Waals surface area (Å²) in [7, 11) is 1.39. The number of carboxylic acid groups (broad SMARTS) is 1. The number of hydrogen-bond donors (Lipinski definition) is 1. The summed E-state index contributed by atoms with van der Waals surface area (Å²) in [4.78, 5) is 26.1. The summed E-state index contributed by atoms with van der Waals surface area (Å²) in [6.07, 6.45) is -4.50. The molecule has 0 spiro atoms. The lowest BCUT2D eigenvalue weighted by molar-refractivity contribution is -0.137. The Balaban J connectivity index is 1.95. The highest BCUT2D eigenvalue weighted by Crippen LogP contribution is 2.37. The molecule has 0 aliphatic heterocycles. The largest absolute Gasteiger partial charge is 0.477 e. The van der Waals surface area contributed by atoms with Gasteiger partial charge in [0.05, 0.1) is 11.3 Å². The van der Waals surface area contributed by atoms with Crippen molar-refractivity contribution < 1.29 is 27.9 Å². The van der Waals surface area contributed by atoms with Crippen LogP contribution in [0.25, 0.3) is 10.4 Å². The molecular formula is C20H14F3NO3S. The van der Waals surface area contributed by atoms with E-state index in [1.165, 1.54) is 7.05 Å². The first kappa shape index (κ1) is 19.6. The van der Waals surface area contributed by atoms with Crippen molar-refractivity contribution in [3.63, 3.8) is 0 Å². The van der Waals surface area contributed by atoms with E-state index in [-0.39, 0.29) is 16.1 Å². The van der Waals surface area contributed by atoms with Gasteiger partial charge in [0.25, 0.3) is 5.91 Å². The third-order valence-corrected chi connectivity index (χ3v) is 5.25. The molecule has 0 radical (unpaired) electrons. The lowest BCUT2D eigenvalue weighted by Crippen LogP contribution is -2.27. The molecule has 2 aromatic carbocycles. The molecule has 0 saturated heterocycles. The number of carbonyl (C=O) groups excluding carboxylic acids is 1. The smallest absolute Gasteiger partial charge is 0.416 e. The van der Waals surface area contributed by atoms with Crippen LogP contribution in [0.15, 0.2) is 60.7 Å². The van der Waals surface area contributed by atoms with Gasteiger partial charge >= 0.3 is 12.1 Å². The van der Waals surface area contributed by atoms with Crippen molar-refractivity contribution in [3.05, 3.63) is 76.7 Å². The van der Waals surface area contributed by atoms with Crippen LogP contribution in [0.4, 0.5) is 18.9 Å². The number of amides is 1. The first-order chi connectivity index (χ1) is 13.2. The van der Waals surface area contributed by atoms with Crippen molar-refractivity contribution in [1.82, 2.24) is 0 Å². The summed E-state index contributed by atoms with van der Waals surface area (Å²) in [5.74, 6) is -1.79. The van der Waals surface area contributed by atoms with Gasteiger partial charge < -0.3 is 10.0 Å². The van der Waals surface area contributed by atoms with E-state index in [0.29, 0.717) is 4.88 Å². The van der Waals surface area contributed by atoms with Gasteiger partial charge in [0.2, 0.25) is 0 Å². The Morgan fingerprint density at radius 2 is 1.61 bits per heavy atom. The summed E-state index contributed by atoms with van der Waals surface area (Å²) < 4.78 is 38.1. The van der Waals surface area contributed by atoms with Crippen LogP contribution in [0, 0.1) is 0 Å². The van der Waals surface area contributed by atoms with Gasteiger partial charge in [-0.2, -0.15) is 13.2 Å². The third kappa shape index (κ3) is 3.91.